The fourth-order valence-electron chi connectivity index (χ4n) is 5.42. The van der Waals surface area contributed by atoms with Crippen LogP contribution in [0.4, 0.5) is 0 Å². The highest BCUT2D eigenvalue weighted by Gasteiger charge is 2.77. The van der Waals surface area contributed by atoms with Gasteiger partial charge in [0.1, 0.15) is 12.2 Å². The Morgan fingerprint density at radius 2 is 1.00 bits per heavy atom. The van der Waals surface area contributed by atoms with Crippen molar-refractivity contribution in [1.29, 1.82) is 0 Å². The monoisotopic (exact) mass is 382 g/mol. The minimum Gasteiger partial charge on any atom is -0.480 e. The number of carbonyl (C=O) groups is 4. The number of aliphatic carboxylic acids is 4. The lowest BCUT2D eigenvalue weighted by Gasteiger charge is -2.44. The van der Waals surface area contributed by atoms with Crippen LogP contribution in [0.5, 0.6) is 0 Å². The lowest BCUT2D eigenvalue weighted by molar-refractivity contribution is -0.187. The Hall–Kier alpha value is -2.46. The lowest BCUT2D eigenvalue weighted by Crippen LogP contribution is -2.61. The standard InChI is InChI=1S/C17H18O10/c18-12(19)16(13(20)21,8-4-26-8)10-6-1-2-7(3-6)11(10)17(14(22)23,15(24)25)9-5-27-9/h1-2,6-11H,3-5H2,(H,18,19)(H,20,21)(H,22,23)(H,24,25). The van der Waals surface area contributed by atoms with Crippen molar-refractivity contribution in [2.24, 2.45) is 34.5 Å². The van der Waals surface area contributed by atoms with Gasteiger partial charge in [-0.05, 0) is 30.1 Å². The third-order valence-corrected chi connectivity index (χ3v) is 6.61. The maximum atomic E-state index is 12.2. The molecule has 6 atom stereocenters. The topological polar surface area (TPSA) is 174 Å². The van der Waals surface area contributed by atoms with Crippen LogP contribution in [-0.2, 0) is 28.7 Å². The van der Waals surface area contributed by atoms with Gasteiger partial charge in [0.25, 0.3) is 0 Å². The van der Waals surface area contributed by atoms with Gasteiger partial charge in [-0.2, -0.15) is 0 Å². The molecule has 4 rings (SSSR count). The molecule has 0 aromatic heterocycles. The normalized spacial score (nSPS) is 36.4. The molecule has 2 saturated heterocycles. The number of epoxide rings is 2. The Kier molecular flexibility index (Phi) is 3.67. The molecule has 2 aliphatic carbocycles. The predicted octanol–water partition coefficient (Wildman–Crippen LogP) is -0.466. The number of hydrogen-bond donors (Lipinski definition) is 4. The average Bonchev–Trinajstić information content (AvgIpc) is 3.49. The molecule has 2 heterocycles. The number of hydrogen-bond acceptors (Lipinski definition) is 6. The second kappa shape index (κ2) is 5.52. The summed E-state index contributed by atoms with van der Waals surface area (Å²) < 4.78 is 10.1. The van der Waals surface area contributed by atoms with Crippen molar-refractivity contribution in [3.8, 4) is 0 Å². The van der Waals surface area contributed by atoms with Gasteiger partial charge < -0.3 is 29.9 Å². The summed E-state index contributed by atoms with van der Waals surface area (Å²) in [5.41, 5.74) is -4.83. The Morgan fingerprint density at radius 3 is 1.22 bits per heavy atom. The van der Waals surface area contributed by atoms with Gasteiger partial charge in [-0.3, -0.25) is 19.2 Å². The van der Waals surface area contributed by atoms with Crippen LogP contribution in [-0.4, -0.2) is 69.7 Å². The Morgan fingerprint density at radius 1 is 0.704 bits per heavy atom. The number of allylic oxidation sites excluding steroid dienone is 2. The van der Waals surface area contributed by atoms with Crippen LogP contribution in [0.25, 0.3) is 0 Å². The summed E-state index contributed by atoms with van der Waals surface area (Å²) in [5.74, 6) is -10.2. The van der Waals surface area contributed by atoms with Crippen LogP contribution in [0.2, 0.25) is 0 Å². The fraction of sp³-hybridized carbons (Fsp3) is 0.647. The minimum atomic E-state index is -2.42. The van der Waals surface area contributed by atoms with Crippen molar-refractivity contribution in [3.05, 3.63) is 12.2 Å². The number of ether oxygens (including phenoxy) is 2. The van der Waals surface area contributed by atoms with Crippen molar-refractivity contribution in [2.45, 2.75) is 18.6 Å². The zero-order chi connectivity index (χ0) is 19.7. The van der Waals surface area contributed by atoms with E-state index in [1.807, 2.05) is 0 Å². The third-order valence-electron chi connectivity index (χ3n) is 6.61. The molecule has 146 valence electrons. The molecule has 3 fully saturated rings. The van der Waals surface area contributed by atoms with Crippen molar-refractivity contribution in [3.63, 3.8) is 0 Å². The third kappa shape index (κ3) is 2.08. The molecule has 27 heavy (non-hydrogen) atoms. The number of fused-ring (bicyclic) bond motifs is 2. The van der Waals surface area contributed by atoms with Gasteiger partial charge in [-0.25, -0.2) is 0 Å². The van der Waals surface area contributed by atoms with Gasteiger partial charge in [-0.15, -0.1) is 0 Å². The van der Waals surface area contributed by atoms with E-state index in [9.17, 15) is 39.6 Å². The molecule has 4 aliphatic rings. The summed E-state index contributed by atoms with van der Waals surface area (Å²) in [4.78, 5) is 48.8. The Bertz CT molecular complexity index is 672. The molecule has 0 aromatic rings. The van der Waals surface area contributed by atoms with Crippen molar-refractivity contribution in [2.75, 3.05) is 13.2 Å². The Labute approximate surface area is 152 Å². The smallest absolute Gasteiger partial charge is 0.324 e. The zero-order valence-corrected chi connectivity index (χ0v) is 14.0. The molecular weight excluding hydrogens is 364 g/mol. The molecule has 10 nitrogen and oxygen atoms in total. The molecule has 2 aliphatic heterocycles. The summed E-state index contributed by atoms with van der Waals surface area (Å²) in [7, 11) is 0. The Balaban J connectivity index is 1.93. The SMILES string of the molecule is O=C(O)C(C(=O)O)(C1CO1)C1C2C=CC(C2)C1C(C(=O)O)(C(=O)O)C1CO1. The minimum absolute atomic E-state index is 0.0873. The first-order valence-electron chi connectivity index (χ1n) is 8.55. The van der Waals surface area contributed by atoms with Crippen LogP contribution in [0.15, 0.2) is 12.2 Å². The first-order valence-corrected chi connectivity index (χ1v) is 8.55. The highest BCUT2D eigenvalue weighted by atomic mass is 16.6. The van der Waals surface area contributed by atoms with Gasteiger partial charge in [0.2, 0.25) is 0 Å². The fourth-order valence-corrected chi connectivity index (χ4v) is 5.42. The maximum absolute atomic E-state index is 12.2. The van der Waals surface area contributed by atoms with E-state index in [2.05, 4.69) is 0 Å². The van der Waals surface area contributed by atoms with Crippen LogP contribution in [0.3, 0.4) is 0 Å². The van der Waals surface area contributed by atoms with Crippen LogP contribution in [0, 0.1) is 34.5 Å². The van der Waals surface area contributed by atoms with Gasteiger partial charge in [-0.1, -0.05) is 12.2 Å². The van der Waals surface area contributed by atoms with Crippen molar-refractivity contribution < 1.29 is 49.1 Å². The maximum Gasteiger partial charge on any atom is 0.324 e. The number of rotatable bonds is 8. The van der Waals surface area contributed by atoms with Gasteiger partial charge in [0, 0.05) is 0 Å². The van der Waals surface area contributed by atoms with Crippen LogP contribution in [0.1, 0.15) is 6.42 Å². The molecular formula is C17H18O10. The van der Waals surface area contributed by atoms with Crippen molar-refractivity contribution in [1.82, 2.24) is 0 Å². The molecule has 2 bridgehead atoms. The van der Waals surface area contributed by atoms with E-state index in [1.54, 1.807) is 12.2 Å². The van der Waals surface area contributed by atoms with Gasteiger partial charge in [0.15, 0.2) is 10.8 Å². The van der Waals surface area contributed by atoms with Gasteiger partial charge in [0.05, 0.1) is 13.2 Å². The summed E-state index contributed by atoms with van der Waals surface area (Å²) >= 11 is 0. The average molecular weight is 382 g/mol. The van der Waals surface area contributed by atoms with E-state index in [0.717, 1.165) is 0 Å². The second-order valence-corrected chi connectivity index (χ2v) is 7.60. The van der Waals surface area contributed by atoms with Crippen LogP contribution >= 0.6 is 0 Å². The quantitative estimate of drug-likeness (QED) is 0.244. The highest BCUT2D eigenvalue weighted by molar-refractivity contribution is 6.02. The molecule has 1 saturated carbocycles. The van der Waals surface area contributed by atoms with E-state index in [4.69, 9.17) is 9.47 Å². The predicted molar refractivity (Wildman–Crippen MR) is 82.6 cm³/mol. The number of carboxylic acids is 4. The first-order chi connectivity index (χ1) is 12.7. The summed E-state index contributed by atoms with van der Waals surface area (Å²) in [6, 6.07) is 0. The van der Waals surface area contributed by atoms with E-state index in [-0.39, 0.29) is 13.2 Å². The van der Waals surface area contributed by atoms with Crippen LogP contribution < -0.4 is 0 Å². The number of carboxylic acid groups (broad SMARTS) is 4. The second-order valence-electron chi connectivity index (χ2n) is 7.60. The largest absolute Gasteiger partial charge is 0.480 e. The van der Waals surface area contributed by atoms with E-state index in [0.29, 0.717) is 6.42 Å². The van der Waals surface area contributed by atoms with E-state index in [1.165, 1.54) is 0 Å². The van der Waals surface area contributed by atoms with Gasteiger partial charge >= 0.3 is 23.9 Å². The molecule has 10 heteroatoms. The lowest BCUT2D eigenvalue weighted by atomic mass is 9.55. The van der Waals surface area contributed by atoms with E-state index < -0.39 is 70.6 Å². The van der Waals surface area contributed by atoms with E-state index >= 15 is 0 Å². The molecule has 0 amide bonds. The zero-order valence-electron chi connectivity index (χ0n) is 14.0. The molecule has 0 aromatic carbocycles. The van der Waals surface area contributed by atoms with Crippen molar-refractivity contribution >= 4 is 23.9 Å². The summed E-state index contributed by atoms with van der Waals surface area (Å²) in [6.07, 6.45) is 1.37. The molecule has 0 radical (unpaired) electrons. The molecule has 6 unspecified atom stereocenters. The highest BCUT2D eigenvalue weighted by Crippen LogP contribution is 2.64. The summed E-state index contributed by atoms with van der Waals surface area (Å²) in [6.45, 7) is -0.175. The molecule has 0 spiro atoms. The summed E-state index contributed by atoms with van der Waals surface area (Å²) in [5, 5.41) is 39.6. The molecule has 4 N–H and O–H groups in total. The first kappa shape index (κ1) is 17.9.